The summed E-state index contributed by atoms with van der Waals surface area (Å²) in [5.41, 5.74) is 6.90. The monoisotopic (exact) mass is 581 g/mol. The van der Waals surface area contributed by atoms with Crippen LogP contribution in [0.4, 0.5) is 0 Å². The van der Waals surface area contributed by atoms with Crippen molar-refractivity contribution in [3.8, 4) is 23.3 Å². The lowest BCUT2D eigenvalue weighted by Crippen LogP contribution is -2.53. The van der Waals surface area contributed by atoms with Crippen molar-refractivity contribution in [2.24, 2.45) is 33.9 Å². The van der Waals surface area contributed by atoms with Gasteiger partial charge in [0.15, 0.2) is 17.5 Å². The Labute approximate surface area is 249 Å². The number of aromatic hydroxyl groups is 1. The number of hydrogen-bond acceptors (Lipinski definition) is 10. The molecule has 6 atom stereocenters. The second-order valence-corrected chi connectivity index (χ2v) is 12.9. The first-order chi connectivity index (χ1) is 20.2. The van der Waals surface area contributed by atoms with Gasteiger partial charge in [-0.15, -0.1) is 5.92 Å². The number of aliphatic hydroxyl groups is 1. The van der Waals surface area contributed by atoms with Crippen LogP contribution in [0.3, 0.4) is 0 Å². The highest BCUT2D eigenvalue weighted by Gasteiger charge is 2.37. The summed E-state index contributed by atoms with van der Waals surface area (Å²) >= 11 is 0. The number of nitrogens with one attached hydrogen (secondary N) is 1. The second-order valence-electron chi connectivity index (χ2n) is 12.9. The fourth-order valence-corrected chi connectivity index (χ4v) is 7.36. The van der Waals surface area contributed by atoms with Crippen molar-refractivity contribution in [1.82, 2.24) is 15.1 Å². The third-order valence-electron chi connectivity index (χ3n) is 9.45. The first kappa shape index (κ1) is 30.5. The van der Waals surface area contributed by atoms with E-state index in [0.717, 1.165) is 44.7 Å². The summed E-state index contributed by atoms with van der Waals surface area (Å²) in [5, 5.41) is 24.7. The lowest BCUT2D eigenvalue weighted by Gasteiger charge is -2.46. The van der Waals surface area contributed by atoms with E-state index in [1.54, 1.807) is 12.1 Å². The number of benzene rings is 1. The molecule has 230 valence electrons. The van der Waals surface area contributed by atoms with Gasteiger partial charge < -0.3 is 35.6 Å². The molecular weight excluding hydrogens is 534 g/mol. The van der Waals surface area contributed by atoms with Crippen molar-refractivity contribution in [1.29, 1.82) is 0 Å². The van der Waals surface area contributed by atoms with Crippen LogP contribution in [-0.4, -0.2) is 97.2 Å². The van der Waals surface area contributed by atoms with Gasteiger partial charge in [-0.2, -0.15) is 0 Å². The lowest BCUT2D eigenvalue weighted by molar-refractivity contribution is -0.151. The van der Waals surface area contributed by atoms with Crippen LogP contribution >= 0.6 is 0 Å². The molecule has 1 aromatic rings. The number of guanidine groups is 1. The molecule has 6 rings (SSSR count). The number of nitrogens with zero attached hydrogens (tertiary/aromatic N) is 3. The molecule has 4 aliphatic heterocycles. The van der Waals surface area contributed by atoms with E-state index in [9.17, 15) is 15.0 Å². The number of hydrogen-bond donors (Lipinski definition) is 4. The summed E-state index contributed by atoms with van der Waals surface area (Å²) < 4.78 is 11.1. The zero-order valence-corrected chi connectivity index (χ0v) is 25.1. The number of rotatable bonds is 4. The summed E-state index contributed by atoms with van der Waals surface area (Å²) in [7, 11) is 1.52. The largest absolute Gasteiger partial charge is 0.504 e. The highest BCUT2D eigenvalue weighted by Crippen LogP contribution is 2.35. The van der Waals surface area contributed by atoms with Crippen LogP contribution < -0.4 is 15.8 Å². The number of aliphatic imine (C=N–C) groups is 1. The molecule has 42 heavy (non-hydrogen) atoms. The molecule has 1 aromatic carbocycles. The summed E-state index contributed by atoms with van der Waals surface area (Å²) in [6.45, 7) is 7.90. The minimum Gasteiger partial charge on any atom is -0.504 e. The minimum atomic E-state index is -0.641. The third kappa shape index (κ3) is 7.88. The number of carbonyl (C=O) groups is 1. The Balaban J connectivity index is 1.42. The molecule has 0 amide bonds. The van der Waals surface area contributed by atoms with Gasteiger partial charge in [-0.05, 0) is 68.2 Å². The van der Waals surface area contributed by atoms with Crippen molar-refractivity contribution in [3.63, 3.8) is 0 Å². The predicted molar refractivity (Wildman–Crippen MR) is 161 cm³/mol. The van der Waals surface area contributed by atoms with E-state index in [2.05, 4.69) is 31.9 Å². The molecule has 10 heteroatoms. The Hall–Kier alpha value is -3.00. The Morgan fingerprint density at radius 1 is 1.19 bits per heavy atom. The number of phenols is 1. The van der Waals surface area contributed by atoms with Crippen LogP contribution in [-0.2, 0) is 16.0 Å². The zero-order chi connectivity index (χ0) is 29.7. The van der Waals surface area contributed by atoms with E-state index in [4.69, 9.17) is 15.2 Å². The Morgan fingerprint density at radius 3 is 2.69 bits per heavy atom. The van der Waals surface area contributed by atoms with Gasteiger partial charge in [0.1, 0.15) is 6.10 Å². The van der Waals surface area contributed by atoms with E-state index in [0.29, 0.717) is 68.9 Å². The maximum Gasteiger partial charge on any atom is 0.302 e. The van der Waals surface area contributed by atoms with Crippen molar-refractivity contribution < 1.29 is 24.5 Å². The molecule has 4 heterocycles. The van der Waals surface area contributed by atoms with E-state index in [1.807, 2.05) is 6.07 Å². The standard InChI is InChI=1S/C32H47N5O5/c1-22(38)42-29-15-27(39)7-9-32(8-3-4-26(29)13-23-5-6-28(40)30(14-23)41-2)10-11-36-16-24-12-25(17-36)19-37(18-24)21-35-31(33)34-20-32/h5-6,14,24-27,29,39-40H,4,7,9-13,15-21H2,1-2H3,(H3,33,34,35)/t24-,25-,26+,27-,29+,32+/m0/s1. The molecule has 0 radical (unpaired) electrons. The van der Waals surface area contributed by atoms with Gasteiger partial charge in [0, 0.05) is 58.4 Å². The van der Waals surface area contributed by atoms with Gasteiger partial charge in [0.2, 0.25) is 0 Å². The second kappa shape index (κ2) is 13.5. The summed E-state index contributed by atoms with van der Waals surface area (Å²) in [6, 6.07) is 5.27. The summed E-state index contributed by atoms with van der Waals surface area (Å²) in [4.78, 5) is 21.8. The van der Waals surface area contributed by atoms with Crippen molar-refractivity contribution in [3.05, 3.63) is 23.8 Å². The van der Waals surface area contributed by atoms with Crippen molar-refractivity contribution in [2.45, 2.75) is 64.1 Å². The number of piperidine rings is 2. The smallest absolute Gasteiger partial charge is 0.302 e. The number of esters is 1. The molecule has 5 N–H and O–H groups in total. The average Bonchev–Trinajstić information content (AvgIpc) is 2.96. The molecule has 0 saturated carbocycles. The van der Waals surface area contributed by atoms with Gasteiger partial charge in [0.05, 0.1) is 25.3 Å². The van der Waals surface area contributed by atoms with Crippen molar-refractivity contribution >= 4 is 11.9 Å². The first-order valence-corrected chi connectivity index (χ1v) is 15.4. The number of phenolic OH excluding ortho intramolecular Hbond substituents is 1. The zero-order valence-electron chi connectivity index (χ0n) is 25.1. The Bertz CT molecular complexity index is 1180. The van der Waals surface area contributed by atoms with Crippen LogP contribution in [0, 0.1) is 35.0 Å². The third-order valence-corrected chi connectivity index (χ3v) is 9.45. The normalized spacial score (nSPS) is 35.3. The van der Waals surface area contributed by atoms with Crippen LogP contribution in [0.15, 0.2) is 23.2 Å². The van der Waals surface area contributed by atoms with Crippen LogP contribution in [0.1, 0.15) is 51.0 Å². The van der Waals surface area contributed by atoms with Crippen LogP contribution in [0.2, 0.25) is 0 Å². The number of methoxy groups -OCH3 is 1. The average molecular weight is 582 g/mol. The van der Waals surface area contributed by atoms with E-state index in [1.165, 1.54) is 20.5 Å². The number of fused-ring (bicyclic) bond motifs is 4. The summed E-state index contributed by atoms with van der Waals surface area (Å²) in [6.07, 6.45) is 3.72. The molecule has 0 unspecified atom stereocenters. The van der Waals surface area contributed by atoms with E-state index < -0.39 is 12.2 Å². The molecule has 1 aliphatic carbocycles. The number of ether oxygens (including phenoxy) is 2. The fourth-order valence-electron chi connectivity index (χ4n) is 7.36. The quantitative estimate of drug-likeness (QED) is 0.311. The van der Waals surface area contributed by atoms with Crippen molar-refractivity contribution in [2.75, 3.05) is 53.0 Å². The molecule has 5 aliphatic rings. The number of nitrogens with two attached hydrogens (primary N) is 1. The van der Waals surface area contributed by atoms with Gasteiger partial charge in [-0.3, -0.25) is 9.69 Å². The topological polar surface area (TPSA) is 133 Å². The Kier molecular flexibility index (Phi) is 9.81. The molecule has 2 saturated heterocycles. The van der Waals surface area contributed by atoms with Gasteiger partial charge in [-0.25, -0.2) is 4.99 Å². The van der Waals surface area contributed by atoms with Gasteiger partial charge >= 0.3 is 5.97 Å². The number of aliphatic hydroxyl groups excluding tert-OH is 1. The molecule has 2 fully saturated rings. The lowest BCUT2D eigenvalue weighted by atomic mass is 9.76. The SMILES string of the molecule is COc1cc(C[C@H]2CC#C[C@@]3(CC[C@H](O)C[C@H]2OC(C)=O)CCN2C[C@@H]4C[C@@H](C2)CN(CN=C(N)NC3)C4)ccc1O. The maximum absolute atomic E-state index is 12.1. The van der Waals surface area contributed by atoms with Crippen LogP contribution in [0.5, 0.6) is 11.5 Å². The molecule has 0 aromatic heterocycles. The van der Waals surface area contributed by atoms with Gasteiger partial charge in [-0.1, -0.05) is 12.0 Å². The Morgan fingerprint density at radius 2 is 1.95 bits per heavy atom. The maximum atomic E-state index is 12.1. The highest BCUT2D eigenvalue weighted by molar-refractivity contribution is 5.77. The van der Waals surface area contributed by atoms with E-state index in [-0.39, 0.29) is 23.1 Å². The highest BCUT2D eigenvalue weighted by atomic mass is 16.5. The number of carbonyl (C=O) groups excluding carboxylic acids is 1. The molecule has 1 spiro atoms. The minimum absolute atomic E-state index is 0.0730. The predicted octanol–water partition coefficient (Wildman–Crippen LogP) is 1.94. The fraction of sp³-hybridized carbons (Fsp3) is 0.688. The van der Waals surface area contributed by atoms with Gasteiger partial charge in [0.25, 0.3) is 0 Å². The molecule has 10 nitrogen and oxygen atoms in total. The molecular formula is C32H47N5O5. The first-order valence-electron chi connectivity index (χ1n) is 15.4. The molecule has 4 bridgehead atoms. The van der Waals surface area contributed by atoms with Crippen LogP contribution in [0.25, 0.3) is 0 Å². The summed E-state index contributed by atoms with van der Waals surface area (Å²) in [5.74, 6) is 8.88. The van der Waals surface area contributed by atoms with E-state index >= 15 is 0 Å².